The summed E-state index contributed by atoms with van der Waals surface area (Å²) in [7, 11) is 0. The largest absolute Gasteiger partial charge is 0.335 e. The van der Waals surface area contributed by atoms with Crippen LogP contribution in [0, 0.1) is 18.6 Å². The third-order valence-electron chi connectivity index (χ3n) is 4.41. The number of hydrogen-bond acceptors (Lipinski definition) is 2. The van der Waals surface area contributed by atoms with Gasteiger partial charge in [0.2, 0.25) is 5.91 Å². The van der Waals surface area contributed by atoms with Crippen LogP contribution in [0.25, 0.3) is 0 Å². The number of hydrogen-bond donors (Lipinski definition) is 0. The second-order valence-corrected chi connectivity index (χ2v) is 7.15. The minimum absolute atomic E-state index is 0.0584. The van der Waals surface area contributed by atoms with E-state index in [1.165, 1.54) is 21.9 Å². The summed E-state index contributed by atoms with van der Waals surface area (Å²) in [6, 6.07) is 8.73. The number of halogens is 3. The maximum Gasteiger partial charge on any atom is 0.254 e. The van der Waals surface area contributed by atoms with Crippen LogP contribution in [0.15, 0.2) is 40.9 Å². The molecule has 2 amide bonds. The second kappa shape index (κ2) is 7.53. The highest BCUT2D eigenvalue weighted by Gasteiger charge is 2.29. The van der Waals surface area contributed by atoms with Crippen molar-refractivity contribution in [1.29, 1.82) is 0 Å². The van der Waals surface area contributed by atoms with E-state index in [0.29, 0.717) is 18.7 Å². The number of rotatable bonds is 3. The van der Waals surface area contributed by atoms with Crippen molar-refractivity contribution in [3.63, 3.8) is 0 Å². The molecular formula is C19H17BrF2N2O2. The van der Waals surface area contributed by atoms with Crippen molar-refractivity contribution in [2.45, 2.75) is 13.5 Å². The molecule has 0 aromatic heterocycles. The van der Waals surface area contributed by atoms with Crippen LogP contribution in [-0.4, -0.2) is 41.2 Å². The van der Waals surface area contributed by atoms with Crippen molar-refractivity contribution >= 4 is 27.7 Å². The van der Waals surface area contributed by atoms with E-state index in [4.69, 9.17) is 0 Å². The molecule has 1 aliphatic heterocycles. The Hall–Kier alpha value is -2.28. The molecule has 3 rings (SSSR count). The van der Waals surface area contributed by atoms with Crippen LogP contribution >= 0.6 is 15.9 Å². The fraction of sp³-hybridized carbons (Fsp3) is 0.263. The van der Waals surface area contributed by atoms with E-state index in [0.717, 1.165) is 16.1 Å². The Kier molecular flexibility index (Phi) is 5.36. The molecule has 1 fully saturated rings. The van der Waals surface area contributed by atoms with Crippen LogP contribution in [0.3, 0.4) is 0 Å². The maximum absolute atomic E-state index is 13.8. The van der Waals surface area contributed by atoms with E-state index in [-0.39, 0.29) is 30.5 Å². The molecule has 0 spiro atoms. The number of nitrogens with zero attached hydrogens (tertiary/aromatic N) is 2. The topological polar surface area (TPSA) is 40.6 Å². The molecule has 0 aliphatic carbocycles. The lowest BCUT2D eigenvalue weighted by molar-refractivity contribution is -0.135. The Morgan fingerprint density at radius 3 is 2.62 bits per heavy atom. The molecule has 0 bridgehead atoms. The van der Waals surface area contributed by atoms with Gasteiger partial charge in [-0.05, 0) is 30.7 Å². The molecule has 0 radical (unpaired) electrons. The van der Waals surface area contributed by atoms with E-state index >= 15 is 0 Å². The summed E-state index contributed by atoms with van der Waals surface area (Å²) in [6.45, 7) is 2.50. The third-order valence-corrected chi connectivity index (χ3v) is 4.91. The molecule has 0 atom stereocenters. The molecular weight excluding hydrogens is 406 g/mol. The van der Waals surface area contributed by atoms with E-state index in [9.17, 15) is 18.4 Å². The fourth-order valence-corrected chi connectivity index (χ4v) is 3.26. The first-order valence-electron chi connectivity index (χ1n) is 8.12. The SMILES string of the molecule is Cc1ccc(Br)cc1C(=O)N1CCN(Cc2ccc(F)cc2F)C(=O)C1. The van der Waals surface area contributed by atoms with Crippen molar-refractivity contribution in [2.24, 2.45) is 0 Å². The second-order valence-electron chi connectivity index (χ2n) is 6.24. The molecule has 4 nitrogen and oxygen atoms in total. The number of carbonyl (C=O) groups excluding carboxylic acids is 2. The number of aryl methyl sites for hydroxylation is 1. The van der Waals surface area contributed by atoms with Gasteiger partial charge >= 0.3 is 0 Å². The normalized spacial score (nSPS) is 14.7. The van der Waals surface area contributed by atoms with Gasteiger partial charge in [0.05, 0.1) is 0 Å². The molecule has 7 heteroatoms. The summed E-state index contributed by atoms with van der Waals surface area (Å²) in [4.78, 5) is 28.1. The van der Waals surface area contributed by atoms with E-state index < -0.39 is 11.6 Å². The molecule has 0 unspecified atom stereocenters. The predicted molar refractivity (Wildman–Crippen MR) is 96.6 cm³/mol. The first kappa shape index (κ1) is 18.5. The van der Waals surface area contributed by atoms with Crippen molar-refractivity contribution in [1.82, 2.24) is 9.80 Å². The first-order chi connectivity index (χ1) is 12.3. The Labute approximate surface area is 158 Å². The monoisotopic (exact) mass is 422 g/mol. The molecule has 1 heterocycles. The van der Waals surface area contributed by atoms with Gasteiger partial charge in [0.15, 0.2) is 0 Å². The highest BCUT2D eigenvalue weighted by atomic mass is 79.9. The quantitative estimate of drug-likeness (QED) is 0.758. The molecule has 0 saturated carbocycles. The van der Waals surface area contributed by atoms with Crippen molar-refractivity contribution in [3.8, 4) is 0 Å². The van der Waals surface area contributed by atoms with Gasteiger partial charge in [-0.25, -0.2) is 8.78 Å². The third kappa shape index (κ3) is 3.93. The number of benzene rings is 2. The Morgan fingerprint density at radius 1 is 1.15 bits per heavy atom. The average molecular weight is 423 g/mol. The summed E-state index contributed by atoms with van der Waals surface area (Å²) >= 11 is 3.35. The Balaban J connectivity index is 1.69. The summed E-state index contributed by atoms with van der Waals surface area (Å²) in [6.07, 6.45) is 0. The zero-order valence-corrected chi connectivity index (χ0v) is 15.7. The highest BCUT2D eigenvalue weighted by molar-refractivity contribution is 9.10. The number of amides is 2. The van der Waals surface area contributed by atoms with Gasteiger partial charge in [-0.2, -0.15) is 0 Å². The van der Waals surface area contributed by atoms with Crippen molar-refractivity contribution in [2.75, 3.05) is 19.6 Å². The average Bonchev–Trinajstić information content (AvgIpc) is 2.60. The molecule has 0 N–H and O–H groups in total. The lowest BCUT2D eigenvalue weighted by atomic mass is 10.1. The van der Waals surface area contributed by atoms with Crippen LogP contribution in [0.2, 0.25) is 0 Å². The van der Waals surface area contributed by atoms with E-state index in [1.54, 1.807) is 6.07 Å². The van der Waals surface area contributed by atoms with Crippen LogP contribution < -0.4 is 0 Å². The molecule has 136 valence electrons. The smallest absolute Gasteiger partial charge is 0.254 e. The number of piperazine rings is 1. The lowest BCUT2D eigenvalue weighted by Crippen LogP contribution is -2.52. The van der Waals surface area contributed by atoms with Crippen molar-refractivity contribution < 1.29 is 18.4 Å². The molecule has 1 aliphatic rings. The highest BCUT2D eigenvalue weighted by Crippen LogP contribution is 2.20. The summed E-state index contributed by atoms with van der Waals surface area (Å²) in [5.41, 5.74) is 1.63. The van der Waals surface area contributed by atoms with Crippen molar-refractivity contribution in [3.05, 3.63) is 69.2 Å². The minimum Gasteiger partial charge on any atom is -0.335 e. The van der Waals surface area contributed by atoms with Gasteiger partial charge in [0.25, 0.3) is 5.91 Å². The minimum atomic E-state index is -0.680. The van der Waals surface area contributed by atoms with Gasteiger partial charge in [0, 0.05) is 41.3 Å². The van der Waals surface area contributed by atoms with Crippen LogP contribution in [-0.2, 0) is 11.3 Å². The van der Waals surface area contributed by atoms with Crippen LogP contribution in [0.5, 0.6) is 0 Å². The predicted octanol–water partition coefficient (Wildman–Crippen LogP) is 3.52. The summed E-state index contributed by atoms with van der Waals surface area (Å²) < 4.78 is 27.6. The lowest BCUT2D eigenvalue weighted by Gasteiger charge is -2.34. The van der Waals surface area contributed by atoms with Gasteiger partial charge in [-0.3, -0.25) is 9.59 Å². The zero-order valence-electron chi connectivity index (χ0n) is 14.1. The fourth-order valence-electron chi connectivity index (χ4n) is 2.90. The van der Waals surface area contributed by atoms with Crippen LogP contribution in [0.4, 0.5) is 8.78 Å². The number of carbonyl (C=O) groups is 2. The van der Waals surface area contributed by atoms with Gasteiger partial charge in [0.1, 0.15) is 18.2 Å². The van der Waals surface area contributed by atoms with Gasteiger partial charge in [-0.15, -0.1) is 0 Å². The molecule has 2 aromatic rings. The maximum atomic E-state index is 13.8. The van der Waals surface area contributed by atoms with Gasteiger partial charge in [-0.1, -0.05) is 28.1 Å². The first-order valence-corrected chi connectivity index (χ1v) is 8.91. The Bertz CT molecular complexity index is 873. The van der Waals surface area contributed by atoms with E-state index in [1.807, 2.05) is 19.1 Å². The van der Waals surface area contributed by atoms with Crippen LogP contribution in [0.1, 0.15) is 21.5 Å². The van der Waals surface area contributed by atoms with E-state index in [2.05, 4.69) is 15.9 Å². The molecule has 26 heavy (non-hydrogen) atoms. The Morgan fingerprint density at radius 2 is 1.92 bits per heavy atom. The summed E-state index contributed by atoms with van der Waals surface area (Å²) in [5, 5.41) is 0. The molecule has 1 saturated heterocycles. The molecule has 2 aromatic carbocycles. The standard InChI is InChI=1S/C19H17BrF2N2O2/c1-12-2-4-14(20)8-16(12)19(26)24-7-6-23(18(25)11-24)10-13-3-5-15(21)9-17(13)22/h2-5,8-9H,6-7,10-11H2,1H3. The summed E-state index contributed by atoms with van der Waals surface area (Å²) in [5.74, 6) is -1.80. The zero-order chi connectivity index (χ0) is 18.8. The van der Waals surface area contributed by atoms with Gasteiger partial charge < -0.3 is 9.80 Å².